The van der Waals surface area contributed by atoms with Crippen LogP contribution < -0.4 is 4.74 Å². The van der Waals surface area contributed by atoms with Crippen molar-refractivity contribution in [3.8, 4) is 5.75 Å². The third-order valence-electron chi connectivity index (χ3n) is 6.22. The van der Waals surface area contributed by atoms with E-state index in [0.717, 1.165) is 32.5 Å². The molecular weight excluding hydrogens is 400 g/mol. The first-order valence-corrected chi connectivity index (χ1v) is 11.9. The highest BCUT2D eigenvalue weighted by molar-refractivity contribution is 7.89. The van der Waals surface area contributed by atoms with Gasteiger partial charge in [-0.1, -0.05) is 42.5 Å². The van der Waals surface area contributed by atoms with Gasteiger partial charge in [0.15, 0.2) is 0 Å². The van der Waals surface area contributed by atoms with Crippen LogP contribution in [-0.2, 0) is 21.3 Å². The Kier molecular flexibility index (Phi) is 6.43. The number of hydrogen-bond donors (Lipinski definition) is 0. The second kappa shape index (κ2) is 9.06. The molecule has 7 heteroatoms. The summed E-state index contributed by atoms with van der Waals surface area (Å²) in [6, 6.07) is 17.4. The third kappa shape index (κ3) is 4.54. The van der Waals surface area contributed by atoms with Crippen LogP contribution in [0, 0.1) is 5.41 Å². The van der Waals surface area contributed by atoms with Crippen LogP contribution in [0.4, 0.5) is 0 Å². The van der Waals surface area contributed by atoms with Crippen LogP contribution in [0.2, 0.25) is 0 Å². The molecule has 0 atom stereocenters. The maximum Gasteiger partial charge on any atom is 0.246 e. The van der Waals surface area contributed by atoms with Gasteiger partial charge in [-0.3, -0.25) is 4.90 Å². The van der Waals surface area contributed by atoms with Gasteiger partial charge in [0.2, 0.25) is 10.0 Å². The molecule has 2 aliphatic rings. The van der Waals surface area contributed by atoms with Crippen molar-refractivity contribution in [3.63, 3.8) is 0 Å². The van der Waals surface area contributed by atoms with Crippen LogP contribution in [0.15, 0.2) is 59.5 Å². The van der Waals surface area contributed by atoms with Crippen LogP contribution in [-0.4, -0.2) is 64.1 Å². The first-order valence-electron chi connectivity index (χ1n) is 10.5. The van der Waals surface area contributed by atoms with Gasteiger partial charge in [-0.05, 0) is 43.6 Å². The molecular formula is C23H30N2O4S. The molecule has 0 aromatic heterocycles. The Labute approximate surface area is 179 Å². The third-order valence-corrected chi connectivity index (χ3v) is 8.11. The highest BCUT2D eigenvalue weighted by Crippen LogP contribution is 2.39. The summed E-state index contributed by atoms with van der Waals surface area (Å²) in [5.41, 5.74) is 1.11. The lowest BCUT2D eigenvalue weighted by molar-refractivity contribution is 0.0290. The van der Waals surface area contributed by atoms with Gasteiger partial charge >= 0.3 is 0 Å². The summed E-state index contributed by atoms with van der Waals surface area (Å²) in [4.78, 5) is 2.69. The number of ether oxygens (including phenoxy) is 2. The summed E-state index contributed by atoms with van der Waals surface area (Å²) in [6.07, 6.45) is 1.81. The van der Waals surface area contributed by atoms with Crippen molar-refractivity contribution in [2.75, 3.05) is 46.5 Å². The molecule has 162 valence electrons. The van der Waals surface area contributed by atoms with E-state index in [9.17, 15) is 8.42 Å². The lowest BCUT2D eigenvalue weighted by Crippen LogP contribution is -2.51. The second-order valence-corrected chi connectivity index (χ2v) is 10.2. The Hall–Kier alpha value is -1.93. The van der Waals surface area contributed by atoms with E-state index in [4.69, 9.17) is 9.47 Å². The highest BCUT2D eigenvalue weighted by Gasteiger charge is 2.42. The number of hydrogen-bond acceptors (Lipinski definition) is 5. The second-order valence-electron chi connectivity index (χ2n) is 8.33. The standard InChI is InChI=1S/C23H30N2O4S/c1-28-16-15-25-18-23(19-29-21-9-5-6-10-22(21)30(25,26)27)11-13-24(14-12-23)17-20-7-3-2-4-8-20/h2-10H,11-19H2,1H3. The number of rotatable bonds is 5. The minimum atomic E-state index is -3.64. The molecule has 2 heterocycles. The van der Waals surface area contributed by atoms with Crippen LogP contribution in [0.5, 0.6) is 5.75 Å². The van der Waals surface area contributed by atoms with Crippen molar-refractivity contribution in [1.82, 2.24) is 9.21 Å². The number of nitrogens with zero attached hydrogens (tertiary/aromatic N) is 2. The van der Waals surface area contributed by atoms with Crippen LogP contribution >= 0.6 is 0 Å². The molecule has 30 heavy (non-hydrogen) atoms. The van der Waals surface area contributed by atoms with Crippen LogP contribution in [0.1, 0.15) is 18.4 Å². The number of para-hydroxylation sites is 1. The quantitative estimate of drug-likeness (QED) is 0.730. The molecule has 2 aromatic carbocycles. The van der Waals surface area contributed by atoms with Crippen molar-refractivity contribution in [1.29, 1.82) is 0 Å². The first-order chi connectivity index (χ1) is 14.5. The fourth-order valence-corrected chi connectivity index (χ4v) is 6.05. The summed E-state index contributed by atoms with van der Waals surface area (Å²) in [5.74, 6) is 0.450. The van der Waals surface area contributed by atoms with Crippen molar-refractivity contribution in [2.45, 2.75) is 24.3 Å². The summed E-state index contributed by atoms with van der Waals surface area (Å²) >= 11 is 0. The van der Waals surface area contributed by atoms with E-state index < -0.39 is 10.0 Å². The van der Waals surface area contributed by atoms with Crippen molar-refractivity contribution < 1.29 is 17.9 Å². The maximum atomic E-state index is 13.4. The molecule has 2 aliphatic heterocycles. The molecule has 0 bridgehead atoms. The van der Waals surface area contributed by atoms with Crippen LogP contribution in [0.25, 0.3) is 0 Å². The fraction of sp³-hybridized carbons (Fsp3) is 0.478. The van der Waals surface area contributed by atoms with E-state index in [2.05, 4.69) is 29.2 Å². The molecule has 4 rings (SSSR count). The van der Waals surface area contributed by atoms with E-state index in [-0.39, 0.29) is 10.3 Å². The zero-order valence-corrected chi connectivity index (χ0v) is 18.3. The van der Waals surface area contributed by atoms with Gasteiger partial charge < -0.3 is 9.47 Å². The largest absolute Gasteiger partial charge is 0.492 e. The minimum absolute atomic E-state index is 0.193. The Morgan fingerprint density at radius 2 is 1.73 bits per heavy atom. The maximum absolute atomic E-state index is 13.4. The predicted molar refractivity (Wildman–Crippen MR) is 116 cm³/mol. The Balaban J connectivity index is 1.54. The van der Waals surface area contributed by atoms with Gasteiger partial charge in [0.05, 0.1) is 13.2 Å². The summed E-state index contributed by atoms with van der Waals surface area (Å²) in [6.45, 7) is 4.50. The normalized spacial score (nSPS) is 21.4. The van der Waals surface area contributed by atoms with Gasteiger partial charge in [0, 0.05) is 32.2 Å². The minimum Gasteiger partial charge on any atom is -0.492 e. The van der Waals surface area contributed by atoms with Crippen molar-refractivity contribution >= 4 is 10.0 Å². The predicted octanol–water partition coefficient (Wildman–Crippen LogP) is 3.00. The Morgan fingerprint density at radius 3 is 2.47 bits per heavy atom. The molecule has 0 radical (unpaired) electrons. The Morgan fingerprint density at radius 1 is 1.03 bits per heavy atom. The SMILES string of the molecule is COCCN1CC2(CCN(Cc3ccccc3)CC2)COc2ccccc2S1(=O)=O. The summed E-state index contributed by atoms with van der Waals surface area (Å²) in [5, 5.41) is 0. The molecule has 6 nitrogen and oxygen atoms in total. The number of benzene rings is 2. The molecule has 0 unspecified atom stereocenters. The number of methoxy groups -OCH3 is 1. The summed E-state index contributed by atoms with van der Waals surface area (Å²) < 4.78 is 39.7. The van der Waals surface area contributed by atoms with Crippen LogP contribution in [0.3, 0.4) is 0 Å². The van der Waals surface area contributed by atoms with Gasteiger partial charge in [-0.2, -0.15) is 4.31 Å². The van der Waals surface area contributed by atoms with E-state index in [1.165, 1.54) is 5.56 Å². The van der Waals surface area contributed by atoms with E-state index in [1.807, 2.05) is 12.1 Å². The number of sulfonamides is 1. The number of likely N-dealkylation sites (tertiary alicyclic amines) is 1. The van der Waals surface area contributed by atoms with E-state index in [0.29, 0.717) is 32.1 Å². The molecule has 0 N–H and O–H groups in total. The smallest absolute Gasteiger partial charge is 0.246 e. The average Bonchev–Trinajstić information content (AvgIpc) is 2.77. The van der Waals surface area contributed by atoms with Gasteiger partial charge in [0.25, 0.3) is 0 Å². The summed E-state index contributed by atoms with van der Waals surface area (Å²) in [7, 11) is -2.03. The van der Waals surface area contributed by atoms with Crippen molar-refractivity contribution in [3.05, 3.63) is 60.2 Å². The van der Waals surface area contributed by atoms with Gasteiger partial charge in [-0.15, -0.1) is 0 Å². The lowest BCUT2D eigenvalue weighted by Gasteiger charge is -2.45. The molecule has 0 amide bonds. The highest BCUT2D eigenvalue weighted by atomic mass is 32.2. The number of piperidine rings is 1. The molecule has 0 saturated carbocycles. The fourth-order valence-electron chi connectivity index (χ4n) is 4.38. The number of fused-ring (bicyclic) bond motifs is 1. The topological polar surface area (TPSA) is 59.1 Å². The van der Waals surface area contributed by atoms with Gasteiger partial charge in [0.1, 0.15) is 10.6 Å². The average molecular weight is 431 g/mol. The van der Waals surface area contributed by atoms with Gasteiger partial charge in [-0.25, -0.2) is 8.42 Å². The molecule has 2 aromatic rings. The zero-order valence-electron chi connectivity index (χ0n) is 17.5. The monoisotopic (exact) mass is 430 g/mol. The molecule has 1 saturated heterocycles. The molecule has 0 aliphatic carbocycles. The molecule has 1 fully saturated rings. The zero-order chi connectivity index (χ0) is 21.0. The van der Waals surface area contributed by atoms with Crippen molar-refractivity contribution in [2.24, 2.45) is 5.41 Å². The van der Waals surface area contributed by atoms with E-state index in [1.54, 1.807) is 29.6 Å². The first kappa shape index (κ1) is 21.3. The van der Waals surface area contributed by atoms with E-state index >= 15 is 0 Å². The Bertz CT molecular complexity index is 941. The lowest BCUT2D eigenvalue weighted by atomic mass is 9.78. The molecule has 1 spiro atoms.